The van der Waals surface area contributed by atoms with Gasteiger partial charge in [-0.3, -0.25) is 0 Å². The van der Waals surface area contributed by atoms with Crippen molar-refractivity contribution >= 4 is 34.2 Å². The van der Waals surface area contributed by atoms with Crippen LogP contribution in [0.3, 0.4) is 0 Å². The highest BCUT2D eigenvalue weighted by Crippen LogP contribution is 2.28. The Bertz CT molecular complexity index is 466. The normalized spacial score (nSPS) is 8.53. The van der Waals surface area contributed by atoms with Crippen molar-refractivity contribution in [2.45, 2.75) is 4.90 Å². The summed E-state index contributed by atoms with van der Waals surface area (Å²) in [5.41, 5.74) is 0.749. The van der Waals surface area contributed by atoms with E-state index >= 15 is 0 Å². The fourth-order valence-corrected chi connectivity index (χ4v) is 1.45. The summed E-state index contributed by atoms with van der Waals surface area (Å²) >= 11 is 7.59. The lowest BCUT2D eigenvalue weighted by atomic mass is 10.3. The monoisotopic (exact) mass is 279 g/mol. The smallest absolute Gasteiger partial charge is 0.145 e. The van der Waals surface area contributed by atoms with Crippen LogP contribution in [0, 0.1) is 22.7 Å². The van der Waals surface area contributed by atoms with Gasteiger partial charge in [0.15, 0.2) is 0 Å². The molecule has 1 rings (SSSR count). The second-order valence-electron chi connectivity index (χ2n) is 2.56. The first kappa shape index (κ1) is 11.6. The van der Waals surface area contributed by atoms with Crippen LogP contribution >= 0.6 is 28.6 Å². The second kappa shape index (κ2) is 5.45. The number of thiol groups is 1. The molecule has 1 aromatic carbocycles. The molecule has 0 unspecified atom stereocenters. The Hall–Kier alpha value is -1.43. The summed E-state index contributed by atoms with van der Waals surface area (Å²) < 4.78 is 0.847. The molecule has 0 saturated heterocycles. The number of nitriles is 2. The fraction of sp³-hybridized carbons (Fsp3) is 0. The first-order chi connectivity index (χ1) is 7.19. The van der Waals surface area contributed by atoms with E-state index in [1.807, 2.05) is 12.1 Å². The van der Waals surface area contributed by atoms with Crippen LogP contribution in [0.15, 0.2) is 39.3 Å². The van der Waals surface area contributed by atoms with Crippen molar-refractivity contribution in [1.82, 2.24) is 0 Å². The molecule has 0 spiro atoms. The molecule has 3 nitrogen and oxygen atoms in total. The van der Waals surface area contributed by atoms with Gasteiger partial charge in [-0.05, 0) is 28.1 Å². The Balaban J connectivity index is 2.93. The molecule has 0 bridgehead atoms. The highest BCUT2D eigenvalue weighted by atomic mass is 79.9. The number of nitrogens with zero attached hydrogens (tertiary/aromatic N) is 2. The summed E-state index contributed by atoms with van der Waals surface area (Å²) in [6.07, 6.45) is 1.35. The highest BCUT2D eigenvalue weighted by molar-refractivity contribution is 9.10. The maximum absolute atomic E-state index is 8.52. The summed E-state index contributed by atoms with van der Waals surface area (Å²) in [5.74, 6) is 0. The van der Waals surface area contributed by atoms with Gasteiger partial charge < -0.3 is 5.32 Å². The van der Waals surface area contributed by atoms with Crippen molar-refractivity contribution in [3.05, 3.63) is 34.4 Å². The van der Waals surface area contributed by atoms with E-state index in [0.717, 1.165) is 15.1 Å². The first-order valence-electron chi connectivity index (χ1n) is 3.93. The van der Waals surface area contributed by atoms with E-state index in [1.165, 1.54) is 6.20 Å². The van der Waals surface area contributed by atoms with Gasteiger partial charge in [-0.15, -0.1) is 12.6 Å². The van der Waals surface area contributed by atoms with Gasteiger partial charge >= 0.3 is 0 Å². The van der Waals surface area contributed by atoms with Gasteiger partial charge in [0.25, 0.3) is 0 Å². The number of halogens is 1. The van der Waals surface area contributed by atoms with Gasteiger partial charge in [-0.1, -0.05) is 6.07 Å². The molecule has 0 fully saturated rings. The Kier molecular flexibility index (Phi) is 4.23. The molecule has 5 heteroatoms. The predicted molar refractivity (Wildman–Crippen MR) is 64.3 cm³/mol. The second-order valence-corrected chi connectivity index (χ2v) is 3.86. The average molecular weight is 280 g/mol. The summed E-state index contributed by atoms with van der Waals surface area (Å²) in [6, 6.07) is 9.00. The molecule has 1 aromatic rings. The van der Waals surface area contributed by atoms with Gasteiger partial charge in [0.05, 0.1) is 5.69 Å². The first-order valence-corrected chi connectivity index (χ1v) is 5.17. The Labute approximate surface area is 102 Å². The number of hydrogen-bond donors (Lipinski definition) is 2. The number of hydrogen-bond acceptors (Lipinski definition) is 4. The lowest BCUT2D eigenvalue weighted by molar-refractivity contribution is 1.37. The molecular formula is C10H6BrN3S. The third kappa shape index (κ3) is 3.02. The number of rotatable bonds is 2. The number of allylic oxidation sites excluding steroid dienone is 1. The molecule has 0 atom stereocenters. The van der Waals surface area contributed by atoms with Crippen LogP contribution in [0.25, 0.3) is 0 Å². The SMILES string of the molecule is N#CC(C#N)=CNc1cccc(Br)c1S. The maximum atomic E-state index is 8.52. The van der Waals surface area contributed by atoms with Gasteiger partial charge in [0.1, 0.15) is 17.7 Å². The molecule has 0 saturated carbocycles. The van der Waals surface area contributed by atoms with Crippen LogP contribution in [-0.2, 0) is 0 Å². The molecule has 0 amide bonds. The van der Waals surface area contributed by atoms with E-state index in [-0.39, 0.29) is 5.57 Å². The minimum absolute atomic E-state index is 0.0164. The van der Waals surface area contributed by atoms with Gasteiger partial charge in [0.2, 0.25) is 0 Å². The lowest BCUT2D eigenvalue weighted by Crippen LogP contribution is -1.91. The zero-order chi connectivity index (χ0) is 11.3. The zero-order valence-electron chi connectivity index (χ0n) is 7.53. The highest BCUT2D eigenvalue weighted by Gasteiger charge is 2.00. The molecule has 0 radical (unpaired) electrons. The van der Waals surface area contributed by atoms with Gasteiger partial charge in [-0.25, -0.2) is 0 Å². The molecule has 15 heavy (non-hydrogen) atoms. The van der Waals surface area contributed by atoms with Crippen molar-refractivity contribution in [1.29, 1.82) is 10.5 Å². The van der Waals surface area contributed by atoms with Crippen molar-refractivity contribution in [2.75, 3.05) is 5.32 Å². The number of benzene rings is 1. The standard InChI is InChI=1S/C10H6BrN3S/c11-8-2-1-3-9(10(8)15)14-6-7(4-12)5-13/h1-3,6,14-15H. The summed E-state index contributed by atoms with van der Waals surface area (Å²) in [7, 11) is 0. The lowest BCUT2D eigenvalue weighted by Gasteiger charge is -2.05. The molecular weight excluding hydrogens is 274 g/mol. The van der Waals surface area contributed by atoms with Crippen LogP contribution in [0.2, 0.25) is 0 Å². The molecule has 1 N–H and O–H groups in total. The average Bonchev–Trinajstić information content (AvgIpc) is 2.25. The largest absolute Gasteiger partial charge is 0.359 e. The molecule has 74 valence electrons. The van der Waals surface area contributed by atoms with Crippen LogP contribution in [0.5, 0.6) is 0 Å². The van der Waals surface area contributed by atoms with Gasteiger partial charge in [-0.2, -0.15) is 10.5 Å². The van der Waals surface area contributed by atoms with E-state index in [2.05, 4.69) is 33.9 Å². The van der Waals surface area contributed by atoms with E-state index in [1.54, 1.807) is 18.2 Å². The van der Waals surface area contributed by atoms with E-state index in [0.29, 0.717) is 0 Å². The summed E-state index contributed by atoms with van der Waals surface area (Å²) in [4.78, 5) is 0.726. The van der Waals surface area contributed by atoms with Crippen LogP contribution in [0.4, 0.5) is 5.69 Å². The third-order valence-corrected chi connectivity index (χ3v) is 3.05. The fourth-order valence-electron chi connectivity index (χ4n) is 0.871. The molecule has 0 aliphatic rings. The van der Waals surface area contributed by atoms with Crippen molar-refractivity contribution in [3.63, 3.8) is 0 Å². The molecule has 0 aliphatic carbocycles. The van der Waals surface area contributed by atoms with Crippen molar-refractivity contribution in [2.24, 2.45) is 0 Å². The molecule has 0 heterocycles. The van der Waals surface area contributed by atoms with Crippen molar-refractivity contribution in [3.8, 4) is 12.1 Å². The van der Waals surface area contributed by atoms with E-state index < -0.39 is 0 Å². The summed E-state index contributed by atoms with van der Waals surface area (Å²) in [6.45, 7) is 0. The summed E-state index contributed by atoms with van der Waals surface area (Å²) in [5, 5.41) is 19.9. The zero-order valence-corrected chi connectivity index (χ0v) is 10.0. The minimum atomic E-state index is 0.0164. The van der Waals surface area contributed by atoms with Crippen LogP contribution in [-0.4, -0.2) is 0 Å². The number of anilines is 1. The van der Waals surface area contributed by atoms with Crippen LogP contribution in [0.1, 0.15) is 0 Å². The van der Waals surface area contributed by atoms with Crippen LogP contribution < -0.4 is 5.32 Å². The third-order valence-electron chi connectivity index (χ3n) is 1.60. The van der Waals surface area contributed by atoms with Gasteiger partial charge in [0, 0.05) is 15.6 Å². The number of nitrogens with one attached hydrogen (secondary N) is 1. The molecule has 0 aromatic heterocycles. The van der Waals surface area contributed by atoms with E-state index in [9.17, 15) is 0 Å². The van der Waals surface area contributed by atoms with Crippen molar-refractivity contribution < 1.29 is 0 Å². The Morgan fingerprint density at radius 2 is 2.07 bits per heavy atom. The van der Waals surface area contributed by atoms with E-state index in [4.69, 9.17) is 10.5 Å². The predicted octanol–water partition coefficient (Wildman–Crippen LogP) is 3.08. The maximum Gasteiger partial charge on any atom is 0.145 e. The quantitative estimate of drug-likeness (QED) is 0.646. The molecule has 0 aliphatic heterocycles. The topological polar surface area (TPSA) is 59.6 Å². The Morgan fingerprint density at radius 1 is 1.40 bits per heavy atom. The Morgan fingerprint density at radius 3 is 2.67 bits per heavy atom. The minimum Gasteiger partial charge on any atom is -0.359 e.